The van der Waals surface area contributed by atoms with Gasteiger partial charge < -0.3 is 10.2 Å². The third kappa shape index (κ3) is 2.49. The molecule has 21 heavy (non-hydrogen) atoms. The number of rotatable bonds is 1. The minimum Gasteiger partial charge on any atom is -0.309 e. The van der Waals surface area contributed by atoms with E-state index in [1.54, 1.807) is 0 Å². The summed E-state index contributed by atoms with van der Waals surface area (Å²) in [5.74, 6) is 2.02. The van der Waals surface area contributed by atoms with Crippen LogP contribution in [0, 0.1) is 5.92 Å². The molecule has 3 atom stereocenters. The zero-order valence-corrected chi connectivity index (χ0v) is 13.1. The van der Waals surface area contributed by atoms with Crippen LogP contribution in [0.25, 0.3) is 0 Å². The van der Waals surface area contributed by atoms with Crippen LogP contribution in [-0.2, 0) is 4.79 Å². The first-order valence-corrected chi connectivity index (χ1v) is 9.11. The summed E-state index contributed by atoms with van der Waals surface area (Å²) in [5.41, 5.74) is 1.11. The molecule has 2 fully saturated rings. The van der Waals surface area contributed by atoms with E-state index in [0.717, 1.165) is 30.3 Å². The minimum atomic E-state index is 0.0363. The summed E-state index contributed by atoms with van der Waals surface area (Å²) in [6.07, 6.45) is 6.25. The van der Waals surface area contributed by atoms with Crippen molar-refractivity contribution in [3.05, 3.63) is 24.3 Å². The second-order valence-electron chi connectivity index (χ2n) is 6.41. The van der Waals surface area contributed by atoms with Crippen LogP contribution in [0.3, 0.4) is 0 Å². The van der Waals surface area contributed by atoms with Crippen molar-refractivity contribution >= 4 is 23.4 Å². The number of anilines is 1. The van der Waals surface area contributed by atoms with E-state index in [0.29, 0.717) is 6.04 Å². The standard InChI is InChI=1S/C17H22N2OS/c20-17(14-11-12-5-1-2-6-13(12)18-14)19-9-10-21-16-8-4-3-7-15(16)19/h3-4,7-8,12-14,18H,1-2,5-6,9-11H2. The SMILES string of the molecule is O=C(C1CC2CCCCC2N1)N1CCSc2ccccc21. The molecule has 2 heterocycles. The normalized spacial score (nSPS) is 31.6. The van der Waals surface area contributed by atoms with Crippen molar-refractivity contribution in [2.45, 2.75) is 49.1 Å². The topological polar surface area (TPSA) is 32.3 Å². The first kappa shape index (κ1) is 13.6. The highest BCUT2D eigenvalue weighted by Crippen LogP contribution is 2.37. The molecule has 4 heteroatoms. The molecule has 0 bridgehead atoms. The van der Waals surface area contributed by atoms with Crippen molar-refractivity contribution < 1.29 is 4.79 Å². The second-order valence-corrected chi connectivity index (χ2v) is 7.55. The van der Waals surface area contributed by atoms with Gasteiger partial charge in [-0.05, 0) is 37.3 Å². The summed E-state index contributed by atoms with van der Waals surface area (Å²) in [6.45, 7) is 0.841. The fourth-order valence-corrected chi connectivity index (χ4v) is 5.09. The van der Waals surface area contributed by atoms with Gasteiger partial charge in [0, 0.05) is 23.2 Å². The molecular formula is C17H22N2OS. The van der Waals surface area contributed by atoms with E-state index < -0.39 is 0 Å². The molecule has 0 spiro atoms. The molecule has 2 aliphatic heterocycles. The molecule has 1 aliphatic carbocycles. The van der Waals surface area contributed by atoms with Crippen molar-refractivity contribution in [3.63, 3.8) is 0 Å². The number of benzene rings is 1. The predicted octanol–water partition coefficient (Wildman–Crippen LogP) is 3.05. The Labute approximate surface area is 130 Å². The molecule has 0 aromatic heterocycles. The van der Waals surface area contributed by atoms with E-state index in [4.69, 9.17) is 0 Å². The summed E-state index contributed by atoms with van der Waals surface area (Å²) in [5, 5.41) is 3.62. The van der Waals surface area contributed by atoms with Gasteiger partial charge in [0.15, 0.2) is 0 Å². The number of amides is 1. The van der Waals surface area contributed by atoms with Crippen LogP contribution < -0.4 is 10.2 Å². The fourth-order valence-electron chi connectivity index (χ4n) is 4.10. The highest BCUT2D eigenvalue weighted by molar-refractivity contribution is 7.99. The highest BCUT2D eigenvalue weighted by Gasteiger charge is 2.40. The van der Waals surface area contributed by atoms with Crippen LogP contribution >= 0.6 is 11.8 Å². The Morgan fingerprint density at radius 1 is 1.24 bits per heavy atom. The summed E-state index contributed by atoms with van der Waals surface area (Å²) in [7, 11) is 0. The Hall–Kier alpha value is -1.00. The Kier molecular flexibility index (Phi) is 3.67. The van der Waals surface area contributed by atoms with Gasteiger partial charge in [0.05, 0.1) is 11.7 Å². The van der Waals surface area contributed by atoms with Gasteiger partial charge in [0.25, 0.3) is 0 Å². The van der Waals surface area contributed by atoms with E-state index in [1.165, 1.54) is 30.6 Å². The second kappa shape index (κ2) is 5.65. The lowest BCUT2D eigenvalue weighted by Crippen LogP contribution is -2.47. The predicted molar refractivity (Wildman–Crippen MR) is 86.8 cm³/mol. The van der Waals surface area contributed by atoms with Gasteiger partial charge in [-0.1, -0.05) is 25.0 Å². The van der Waals surface area contributed by atoms with Gasteiger partial charge in [-0.25, -0.2) is 0 Å². The zero-order chi connectivity index (χ0) is 14.2. The first-order chi connectivity index (χ1) is 10.3. The molecule has 0 radical (unpaired) electrons. The largest absolute Gasteiger partial charge is 0.309 e. The van der Waals surface area contributed by atoms with Gasteiger partial charge in [-0.3, -0.25) is 4.79 Å². The molecule has 3 aliphatic rings. The third-order valence-electron chi connectivity index (χ3n) is 5.16. The van der Waals surface area contributed by atoms with E-state index in [9.17, 15) is 4.79 Å². The maximum absolute atomic E-state index is 13.0. The van der Waals surface area contributed by atoms with E-state index in [-0.39, 0.29) is 11.9 Å². The number of carbonyl (C=O) groups excluding carboxylic acids is 1. The minimum absolute atomic E-state index is 0.0363. The van der Waals surface area contributed by atoms with Gasteiger partial charge in [0.1, 0.15) is 0 Å². The van der Waals surface area contributed by atoms with Crippen LogP contribution in [-0.4, -0.2) is 30.3 Å². The Bertz CT molecular complexity index is 533. The van der Waals surface area contributed by atoms with Crippen LogP contribution in [0.4, 0.5) is 5.69 Å². The molecule has 3 nitrogen and oxygen atoms in total. The number of nitrogens with one attached hydrogen (secondary N) is 1. The fraction of sp³-hybridized carbons (Fsp3) is 0.588. The molecule has 1 aromatic carbocycles. The van der Waals surface area contributed by atoms with Crippen molar-refractivity contribution in [3.8, 4) is 0 Å². The number of para-hydroxylation sites is 1. The molecule has 1 aromatic rings. The lowest BCUT2D eigenvalue weighted by Gasteiger charge is -2.31. The maximum atomic E-state index is 13.0. The highest BCUT2D eigenvalue weighted by atomic mass is 32.2. The van der Waals surface area contributed by atoms with E-state index in [2.05, 4.69) is 23.5 Å². The molecule has 1 N–H and O–H groups in total. The number of nitrogens with zero attached hydrogens (tertiary/aromatic N) is 1. The monoisotopic (exact) mass is 302 g/mol. The maximum Gasteiger partial charge on any atom is 0.244 e. The van der Waals surface area contributed by atoms with Crippen molar-refractivity contribution in [2.75, 3.05) is 17.2 Å². The number of fused-ring (bicyclic) bond motifs is 2. The summed E-state index contributed by atoms with van der Waals surface area (Å²) >= 11 is 1.86. The molecule has 3 unspecified atom stereocenters. The summed E-state index contributed by atoms with van der Waals surface area (Å²) in [6, 6.07) is 8.92. The summed E-state index contributed by atoms with van der Waals surface area (Å²) in [4.78, 5) is 16.2. The third-order valence-corrected chi connectivity index (χ3v) is 6.20. The van der Waals surface area contributed by atoms with Gasteiger partial charge in [-0.15, -0.1) is 11.8 Å². The molecular weight excluding hydrogens is 280 g/mol. The number of carbonyl (C=O) groups is 1. The van der Waals surface area contributed by atoms with Crippen molar-refractivity contribution in [1.29, 1.82) is 0 Å². The first-order valence-electron chi connectivity index (χ1n) is 8.12. The van der Waals surface area contributed by atoms with E-state index in [1.807, 2.05) is 22.7 Å². The Morgan fingerprint density at radius 2 is 2.10 bits per heavy atom. The smallest absolute Gasteiger partial charge is 0.244 e. The zero-order valence-electron chi connectivity index (χ0n) is 12.3. The van der Waals surface area contributed by atoms with E-state index >= 15 is 0 Å². The number of hydrogen-bond acceptors (Lipinski definition) is 3. The van der Waals surface area contributed by atoms with Gasteiger partial charge >= 0.3 is 0 Å². The number of hydrogen-bond donors (Lipinski definition) is 1. The van der Waals surface area contributed by atoms with Crippen molar-refractivity contribution in [2.24, 2.45) is 5.92 Å². The van der Waals surface area contributed by atoms with Crippen molar-refractivity contribution in [1.82, 2.24) is 5.32 Å². The van der Waals surface area contributed by atoms with Crippen LogP contribution in [0.1, 0.15) is 32.1 Å². The summed E-state index contributed by atoms with van der Waals surface area (Å²) < 4.78 is 0. The molecule has 1 saturated carbocycles. The lowest BCUT2D eigenvalue weighted by molar-refractivity contribution is -0.120. The van der Waals surface area contributed by atoms with Crippen LogP contribution in [0.5, 0.6) is 0 Å². The van der Waals surface area contributed by atoms with Crippen LogP contribution in [0.15, 0.2) is 29.2 Å². The average Bonchev–Trinajstić information content (AvgIpc) is 2.97. The quantitative estimate of drug-likeness (QED) is 0.865. The molecule has 112 valence electrons. The molecule has 1 amide bonds. The molecule has 1 saturated heterocycles. The molecule has 4 rings (SSSR count). The number of thioether (sulfide) groups is 1. The van der Waals surface area contributed by atoms with Crippen LogP contribution in [0.2, 0.25) is 0 Å². The average molecular weight is 302 g/mol. The lowest BCUT2D eigenvalue weighted by atomic mass is 9.85. The Balaban J connectivity index is 1.53. The Morgan fingerprint density at radius 3 is 3.00 bits per heavy atom. The van der Waals surface area contributed by atoms with Gasteiger partial charge in [-0.2, -0.15) is 0 Å². The van der Waals surface area contributed by atoms with Gasteiger partial charge in [0.2, 0.25) is 5.91 Å².